The molecule has 12 heteroatoms. The molecule has 2 amide bonds. The minimum atomic E-state index is -0.367. The molecule has 0 atom stereocenters. The molecular formula is C31H35ClN8O3. The Kier molecular flexibility index (Phi) is 9.22. The fourth-order valence-corrected chi connectivity index (χ4v) is 5.40. The van der Waals surface area contributed by atoms with Crippen LogP contribution in [-0.2, 0) is 11.2 Å². The Morgan fingerprint density at radius 1 is 1.12 bits per heavy atom. The van der Waals surface area contributed by atoms with E-state index in [0.717, 1.165) is 29.8 Å². The third kappa shape index (κ3) is 6.63. The highest BCUT2D eigenvalue weighted by Crippen LogP contribution is 2.34. The van der Waals surface area contributed by atoms with Crippen LogP contribution in [0.15, 0.2) is 59.4 Å². The van der Waals surface area contributed by atoms with Crippen LogP contribution in [0.3, 0.4) is 0 Å². The first-order valence-electron chi connectivity index (χ1n) is 14.1. The van der Waals surface area contributed by atoms with Gasteiger partial charge in [0, 0.05) is 66.8 Å². The molecule has 224 valence electrons. The highest BCUT2D eigenvalue weighted by atomic mass is 35.5. The Morgan fingerprint density at radius 2 is 1.88 bits per heavy atom. The quantitative estimate of drug-likeness (QED) is 0.334. The Hall–Kier alpha value is -4.48. The molecule has 0 bridgehead atoms. The number of carbonyl (C=O) groups excluding carboxylic acids is 2. The fraction of sp³-hybridized carbons (Fsp3) is 0.323. The van der Waals surface area contributed by atoms with Crippen molar-refractivity contribution in [3.63, 3.8) is 0 Å². The number of carbonyl (C=O) groups is 2. The highest BCUT2D eigenvalue weighted by Gasteiger charge is 2.26. The van der Waals surface area contributed by atoms with Gasteiger partial charge in [-0.3, -0.25) is 14.6 Å². The maximum absolute atomic E-state index is 12.9. The second kappa shape index (κ2) is 13.2. The molecule has 43 heavy (non-hydrogen) atoms. The number of nitrogens with one attached hydrogen (secondary N) is 2. The second-order valence-electron chi connectivity index (χ2n) is 10.4. The van der Waals surface area contributed by atoms with Crippen molar-refractivity contribution in [2.45, 2.75) is 12.8 Å². The number of allylic oxidation sites excluding steroid dienone is 2. The average molecular weight is 603 g/mol. The number of nitrogens with zero attached hydrogens (tertiary/aromatic N) is 5. The SMILES string of the molecule is CN=C(C1=C(N)CCc2cnc(Nc3ccc(C(=O)NCC(=O)N4CCN(C)CC4)cc3OC)nc21)c1ccccc1Cl. The Bertz CT molecular complexity index is 1600. The van der Waals surface area contributed by atoms with Crippen molar-refractivity contribution in [2.24, 2.45) is 10.7 Å². The highest BCUT2D eigenvalue weighted by molar-refractivity contribution is 6.40. The zero-order chi connectivity index (χ0) is 30.5. The summed E-state index contributed by atoms with van der Waals surface area (Å²) in [7, 11) is 5.25. The van der Waals surface area contributed by atoms with Crippen molar-refractivity contribution in [1.29, 1.82) is 0 Å². The molecule has 3 aromatic rings. The van der Waals surface area contributed by atoms with Crippen LogP contribution in [0, 0.1) is 0 Å². The van der Waals surface area contributed by atoms with Crippen LogP contribution in [0.2, 0.25) is 5.02 Å². The molecular weight excluding hydrogens is 568 g/mol. The summed E-state index contributed by atoms with van der Waals surface area (Å²) in [5.74, 6) is 0.278. The van der Waals surface area contributed by atoms with Gasteiger partial charge in [0.05, 0.1) is 30.7 Å². The number of rotatable bonds is 8. The zero-order valence-electron chi connectivity index (χ0n) is 24.5. The third-order valence-corrected chi connectivity index (χ3v) is 7.97. The number of halogens is 1. The van der Waals surface area contributed by atoms with E-state index in [-0.39, 0.29) is 18.4 Å². The van der Waals surface area contributed by atoms with E-state index < -0.39 is 0 Å². The van der Waals surface area contributed by atoms with Crippen molar-refractivity contribution in [1.82, 2.24) is 25.1 Å². The van der Waals surface area contributed by atoms with Crippen LogP contribution in [0.5, 0.6) is 5.75 Å². The molecule has 5 rings (SSSR count). The Balaban J connectivity index is 1.33. The van der Waals surface area contributed by atoms with E-state index in [0.29, 0.717) is 71.0 Å². The van der Waals surface area contributed by atoms with Crippen LogP contribution >= 0.6 is 11.6 Å². The van der Waals surface area contributed by atoms with Crippen LogP contribution in [-0.4, -0.2) is 91.2 Å². The van der Waals surface area contributed by atoms with Gasteiger partial charge < -0.3 is 30.9 Å². The van der Waals surface area contributed by atoms with E-state index in [1.807, 2.05) is 31.3 Å². The van der Waals surface area contributed by atoms with Gasteiger partial charge in [-0.1, -0.05) is 29.8 Å². The standard InChI is InChI=1S/C31H35ClN8O3/c1-34-29(21-6-4-5-7-22(21)32)27-23(33)10-8-20-17-36-31(38-28(20)27)37-24-11-9-19(16-25(24)43-3)30(42)35-18-26(41)40-14-12-39(2)13-15-40/h4-7,9,11,16-17H,8,10,12-15,18,33H2,1-3H3,(H,35,42)(H,36,37,38). The summed E-state index contributed by atoms with van der Waals surface area (Å²) in [5.41, 5.74) is 11.9. The van der Waals surface area contributed by atoms with Crippen LogP contribution in [0.1, 0.15) is 33.6 Å². The van der Waals surface area contributed by atoms with Crippen molar-refractivity contribution in [3.8, 4) is 5.75 Å². The molecule has 1 fully saturated rings. The molecule has 1 saturated heterocycles. The van der Waals surface area contributed by atoms with Crippen molar-refractivity contribution < 1.29 is 14.3 Å². The molecule has 0 saturated carbocycles. The number of anilines is 2. The van der Waals surface area contributed by atoms with E-state index in [4.69, 9.17) is 27.1 Å². The lowest BCUT2D eigenvalue weighted by Crippen LogP contribution is -2.50. The minimum Gasteiger partial charge on any atom is -0.495 e. The lowest BCUT2D eigenvalue weighted by molar-refractivity contribution is -0.131. The third-order valence-electron chi connectivity index (χ3n) is 7.64. The molecule has 0 spiro atoms. The van der Waals surface area contributed by atoms with E-state index in [1.54, 1.807) is 36.3 Å². The molecule has 1 aliphatic carbocycles. The maximum Gasteiger partial charge on any atom is 0.251 e. The van der Waals surface area contributed by atoms with Crippen molar-refractivity contribution in [3.05, 3.63) is 81.8 Å². The predicted octanol–water partition coefficient (Wildman–Crippen LogP) is 3.12. The number of aryl methyl sites for hydroxylation is 1. The van der Waals surface area contributed by atoms with Crippen molar-refractivity contribution in [2.75, 3.05) is 59.2 Å². The van der Waals surface area contributed by atoms with E-state index in [1.165, 1.54) is 7.11 Å². The lowest BCUT2D eigenvalue weighted by atomic mass is 9.88. The first kappa shape index (κ1) is 30.0. The number of aromatic nitrogens is 2. The normalized spacial score (nSPS) is 15.6. The first-order chi connectivity index (χ1) is 20.8. The van der Waals surface area contributed by atoms with E-state index in [2.05, 4.69) is 25.5 Å². The summed E-state index contributed by atoms with van der Waals surface area (Å²) in [4.78, 5) is 43.2. The molecule has 0 radical (unpaired) electrons. The maximum atomic E-state index is 12.9. The monoisotopic (exact) mass is 602 g/mol. The number of hydrogen-bond donors (Lipinski definition) is 3. The van der Waals surface area contributed by atoms with Gasteiger partial charge in [-0.05, 0) is 49.7 Å². The zero-order valence-corrected chi connectivity index (χ0v) is 25.2. The molecule has 1 aromatic heterocycles. The smallest absolute Gasteiger partial charge is 0.251 e. The summed E-state index contributed by atoms with van der Waals surface area (Å²) in [6, 6.07) is 12.5. The summed E-state index contributed by atoms with van der Waals surface area (Å²) in [6.45, 7) is 2.88. The number of hydrogen-bond acceptors (Lipinski definition) is 9. The molecule has 2 aliphatic rings. The molecule has 4 N–H and O–H groups in total. The summed E-state index contributed by atoms with van der Waals surface area (Å²) < 4.78 is 5.58. The van der Waals surface area contributed by atoms with Gasteiger partial charge in [-0.25, -0.2) is 9.97 Å². The number of benzene rings is 2. The first-order valence-corrected chi connectivity index (χ1v) is 14.4. The number of nitrogens with two attached hydrogens (primary N) is 1. The molecule has 11 nitrogen and oxygen atoms in total. The number of ether oxygens (including phenoxy) is 1. The van der Waals surface area contributed by atoms with Gasteiger partial charge in [0.1, 0.15) is 5.75 Å². The summed E-state index contributed by atoms with van der Waals surface area (Å²) in [6.07, 6.45) is 3.14. The molecule has 0 unspecified atom stereocenters. The predicted molar refractivity (Wildman–Crippen MR) is 168 cm³/mol. The van der Waals surface area contributed by atoms with Gasteiger partial charge >= 0.3 is 0 Å². The van der Waals surface area contributed by atoms with Crippen molar-refractivity contribution >= 4 is 46.3 Å². The molecule has 2 heterocycles. The lowest BCUT2D eigenvalue weighted by Gasteiger charge is -2.32. The number of amides is 2. The van der Waals surface area contributed by atoms with E-state index in [9.17, 15) is 9.59 Å². The van der Waals surface area contributed by atoms with Gasteiger partial charge in [0.25, 0.3) is 5.91 Å². The van der Waals surface area contributed by atoms with Gasteiger partial charge in [-0.2, -0.15) is 0 Å². The number of likely N-dealkylation sites (N-methyl/N-ethyl adjacent to an activating group) is 1. The van der Waals surface area contributed by atoms with Crippen LogP contribution < -0.4 is 21.1 Å². The van der Waals surface area contributed by atoms with E-state index >= 15 is 0 Å². The number of piperazine rings is 1. The topological polar surface area (TPSA) is 138 Å². The van der Waals surface area contributed by atoms with Gasteiger partial charge in [-0.15, -0.1) is 0 Å². The summed E-state index contributed by atoms with van der Waals surface area (Å²) in [5, 5.41) is 6.50. The average Bonchev–Trinajstić information content (AvgIpc) is 3.02. The summed E-state index contributed by atoms with van der Waals surface area (Å²) >= 11 is 6.52. The number of fused-ring (bicyclic) bond motifs is 1. The number of aliphatic imine (C=N–C) groups is 1. The van der Waals surface area contributed by atoms with Crippen LogP contribution in [0.4, 0.5) is 11.6 Å². The van der Waals surface area contributed by atoms with Crippen LogP contribution in [0.25, 0.3) is 5.57 Å². The minimum absolute atomic E-state index is 0.0654. The Morgan fingerprint density at radius 3 is 2.60 bits per heavy atom. The fourth-order valence-electron chi connectivity index (χ4n) is 5.18. The second-order valence-corrected chi connectivity index (χ2v) is 10.8. The largest absolute Gasteiger partial charge is 0.495 e. The number of methoxy groups -OCH3 is 1. The van der Waals surface area contributed by atoms with Gasteiger partial charge in [0.15, 0.2) is 0 Å². The Labute approximate surface area is 255 Å². The molecule has 1 aliphatic heterocycles. The molecule has 2 aromatic carbocycles. The van der Waals surface area contributed by atoms with Gasteiger partial charge in [0.2, 0.25) is 11.9 Å².